The zero-order valence-corrected chi connectivity index (χ0v) is 9.92. The lowest BCUT2D eigenvalue weighted by Gasteiger charge is -2.29. The summed E-state index contributed by atoms with van der Waals surface area (Å²) in [5, 5.41) is 8.80. The molecular weight excluding hydrogens is 206 g/mol. The van der Waals surface area contributed by atoms with Gasteiger partial charge in [0.1, 0.15) is 0 Å². The van der Waals surface area contributed by atoms with Crippen molar-refractivity contribution in [2.24, 2.45) is 0 Å². The molecule has 14 heavy (non-hydrogen) atoms. The topological polar surface area (TPSA) is 74.7 Å². The zero-order chi connectivity index (χ0) is 11.7. The fourth-order valence-electron chi connectivity index (χ4n) is 0.748. The summed E-state index contributed by atoms with van der Waals surface area (Å²) in [6.45, 7) is 5.75. The summed E-state index contributed by atoms with van der Waals surface area (Å²) in [4.78, 5) is 10.8. The van der Waals surface area contributed by atoms with Gasteiger partial charge in [-0.2, -0.15) is 0 Å². The first-order valence-corrected chi connectivity index (χ1v) is 5.70. The molecule has 0 amide bonds. The lowest BCUT2D eigenvalue weighted by atomic mass is 10.2. The maximum absolute atomic E-state index is 11.8. The number of hydrogen-bond donors (Lipinski definition) is 1. The molecule has 5 nitrogen and oxygen atoms in total. The number of aliphatic carboxylic acids is 1. The molecule has 0 aromatic heterocycles. The maximum Gasteiger partial charge on any atom is 0.325 e. The Morgan fingerprint density at radius 2 is 1.71 bits per heavy atom. The van der Waals surface area contributed by atoms with E-state index in [-0.39, 0.29) is 6.04 Å². The first-order valence-electron chi connectivity index (χ1n) is 4.26. The molecule has 0 aliphatic rings. The van der Waals surface area contributed by atoms with Gasteiger partial charge in [-0.05, 0) is 27.7 Å². The van der Waals surface area contributed by atoms with Gasteiger partial charge in [-0.15, -0.1) is 0 Å². The van der Waals surface area contributed by atoms with Crippen molar-refractivity contribution in [3.8, 4) is 0 Å². The number of rotatable bonds is 4. The van der Waals surface area contributed by atoms with Crippen LogP contribution in [0.1, 0.15) is 27.7 Å². The van der Waals surface area contributed by atoms with Crippen molar-refractivity contribution in [3.05, 3.63) is 0 Å². The van der Waals surface area contributed by atoms with Crippen LogP contribution in [0.4, 0.5) is 0 Å². The van der Waals surface area contributed by atoms with E-state index in [4.69, 9.17) is 5.11 Å². The third-order valence-corrected chi connectivity index (χ3v) is 4.91. The van der Waals surface area contributed by atoms with Crippen LogP contribution in [0.5, 0.6) is 0 Å². The van der Waals surface area contributed by atoms with E-state index in [1.165, 1.54) is 20.9 Å². The minimum atomic E-state index is -3.80. The molecule has 0 aliphatic heterocycles. The van der Waals surface area contributed by atoms with Gasteiger partial charge in [0.2, 0.25) is 10.0 Å². The van der Waals surface area contributed by atoms with E-state index in [1.807, 2.05) is 0 Å². The van der Waals surface area contributed by atoms with Gasteiger partial charge in [-0.3, -0.25) is 4.79 Å². The molecule has 84 valence electrons. The van der Waals surface area contributed by atoms with E-state index in [0.717, 1.165) is 4.31 Å². The lowest BCUT2D eigenvalue weighted by molar-refractivity contribution is -0.139. The monoisotopic (exact) mass is 223 g/mol. The lowest BCUT2D eigenvalue weighted by Crippen LogP contribution is -2.50. The summed E-state index contributed by atoms with van der Waals surface area (Å²) in [7, 11) is -2.42. The molecule has 0 fully saturated rings. The van der Waals surface area contributed by atoms with E-state index >= 15 is 0 Å². The second-order valence-corrected chi connectivity index (χ2v) is 6.48. The van der Waals surface area contributed by atoms with Crippen molar-refractivity contribution in [1.29, 1.82) is 0 Å². The Bertz CT molecular complexity index is 318. The van der Waals surface area contributed by atoms with E-state index < -0.39 is 20.7 Å². The van der Waals surface area contributed by atoms with Crippen LogP contribution in [0, 0.1) is 0 Å². The van der Waals surface area contributed by atoms with Gasteiger partial charge in [-0.25, -0.2) is 12.7 Å². The van der Waals surface area contributed by atoms with E-state index in [1.54, 1.807) is 13.8 Å². The van der Waals surface area contributed by atoms with Crippen molar-refractivity contribution < 1.29 is 18.3 Å². The van der Waals surface area contributed by atoms with Gasteiger partial charge in [0.05, 0.1) is 0 Å². The number of hydrogen-bond acceptors (Lipinski definition) is 3. The Balaban J connectivity index is 5.27. The average molecular weight is 223 g/mol. The van der Waals surface area contributed by atoms with Crippen molar-refractivity contribution in [3.63, 3.8) is 0 Å². The average Bonchev–Trinajstić information content (AvgIpc) is 2.01. The van der Waals surface area contributed by atoms with Gasteiger partial charge in [0.15, 0.2) is 4.75 Å². The van der Waals surface area contributed by atoms with Gasteiger partial charge < -0.3 is 5.11 Å². The second-order valence-electron chi connectivity index (χ2n) is 3.93. The molecule has 0 heterocycles. The summed E-state index contributed by atoms with van der Waals surface area (Å²) in [6, 6.07) is -0.251. The SMILES string of the molecule is CC(C)N(C)S(=O)(=O)C(C)(C)C(=O)O. The first-order chi connectivity index (χ1) is 6.05. The number of carbonyl (C=O) groups is 1. The van der Waals surface area contributed by atoms with Gasteiger partial charge in [0, 0.05) is 13.1 Å². The fraction of sp³-hybridized carbons (Fsp3) is 0.875. The van der Waals surface area contributed by atoms with Crippen LogP contribution >= 0.6 is 0 Å². The molecule has 0 aliphatic carbocycles. The van der Waals surface area contributed by atoms with Crippen LogP contribution in [-0.4, -0.2) is 41.6 Å². The third kappa shape index (κ3) is 2.06. The molecular formula is C8H17NO4S. The largest absolute Gasteiger partial charge is 0.480 e. The van der Waals surface area contributed by atoms with Crippen molar-refractivity contribution >= 4 is 16.0 Å². The Morgan fingerprint density at radius 1 is 1.36 bits per heavy atom. The minimum absolute atomic E-state index is 0.251. The Kier molecular flexibility index (Phi) is 3.69. The van der Waals surface area contributed by atoms with Crippen molar-refractivity contribution in [2.75, 3.05) is 7.05 Å². The summed E-state index contributed by atoms with van der Waals surface area (Å²) >= 11 is 0. The second kappa shape index (κ2) is 3.86. The van der Waals surface area contributed by atoms with Crippen LogP contribution in [0.3, 0.4) is 0 Å². The highest BCUT2D eigenvalue weighted by atomic mass is 32.2. The van der Waals surface area contributed by atoms with Crippen LogP contribution < -0.4 is 0 Å². The molecule has 0 radical (unpaired) electrons. The van der Waals surface area contributed by atoms with Crippen LogP contribution in [0.25, 0.3) is 0 Å². The molecule has 0 spiro atoms. The van der Waals surface area contributed by atoms with Crippen molar-refractivity contribution in [1.82, 2.24) is 4.31 Å². The number of carboxylic acid groups (broad SMARTS) is 1. The number of carboxylic acids is 1. The fourth-order valence-corrected chi connectivity index (χ4v) is 2.24. The van der Waals surface area contributed by atoms with E-state index in [0.29, 0.717) is 0 Å². The smallest absolute Gasteiger partial charge is 0.325 e. The molecule has 0 aromatic carbocycles. The standard InChI is InChI=1S/C8H17NO4S/c1-6(2)9(5)14(12,13)8(3,4)7(10)11/h6H,1-5H3,(H,10,11). The summed E-state index contributed by atoms with van der Waals surface area (Å²) < 4.78 is 22.8. The normalized spacial score (nSPS) is 13.6. The van der Waals surface area contributed by atoms with Gasteiger partial charge >= 0.3 is 5.97 Å². The Morgan fingerprint density at radius 3 is 1.93 bits per heavy atom. The number of nitrogens with zero attached hydrogens (tertiary/aromatic N) is 1. The van der Waals surface area contributed by atoms with Gasteiger partial charge in [-0.1, -0.05) is 0 Å². The molecule has 0 unspecified atom stereocenters. The predicted octanol–water partition coefficient (Wildman–Crippen LogP) is 0.520. The summed E-state index contributed by atoms with van der Waals surface area (Å²) in [5.41, 5.74) is 0. The molecule has 0 atom stereocenters. The molecule has 6 heteroatoms. The predicted molar refractivity (Wildman–Crippen MR) is 53.5 cm³/mol. The minimum Gasteiger partial charge on any atom is -0.480 e. The third-order valence-electron chi connectivity index (χ3n) is 2.27. The maximum atomic E-state index is 11.8. The van der Waals surface area contributed by atoms with E-state index in [9.17, 15) is 13.2 Å². The first kappa shape index (κ1) is 13.4. The number of sulfonamides is 1. The van der Waals surface area contributed by atoms with Crippen LogP contribution in [0.2, 0.25) is 0 Å². The molecule has 0 aromatic rings. The summed E-state index contributed by atoms with van der Waals surface area (Å²) in [5.74, 6) is -1.34. The molecule has 0 bridgehead atoms. The van der Waals surface area contributed by atoms with E-state index in [2.05, 4.69) is 0 Å². The molecule has 0 saturated heterocycles. The highest BCUT2D eigenvalue weighted by Gasteiger charge is 2.45. The van der Waals surface area contributed by atoms with Gasteiger partial charge in [0.25, 0.3) is 0 Å². The highest BCUT2D eigenvalue weighted by molar-refractivity contribution is 7.91. The van der Waals surface area contributed by atoms with Crippen LogP contribution in [-0.2, 0) is 14.8 Å². The quantitative estimate of drug-likeness (QED) is 0.754. The molecule has 0 rings (SSSR count). The summed E-state index contributed by atoms with van der Waals surface area (Å²) in [6.07, 6.45) is 0. The molecule has 1 N–H and O–H groups in total. The highest BCUT2D eigenvalue weighted by Crippen LogP contribution is 2.21. The Labute approximate surface area is 84.8 Å². The van der Waals surface area contributed by atoms with Crippen molar-refractivity contribution in [2.45, 2.75) is 38.5 Å². The zero-order valence-electron chi connectivity index (χ0n) is 9.10. The Hall–Kier alpha value is -0.620. The molecule has 0 saturated carbocycles. The van der Waals surface area contributed by atoms with Crippen LogP contribution in [0.15, 0.2) is 0 Å².